The number of anilines is 2. The van der Waals surface area contributed by atoms with Crippen LogP contribution in [0.4, 0.5) is 15.8 Å². The average molecular weight is 440 g/mol. The van der Waals surface area contributed by atoms with Crippen molar-refractivity contribution in [1.82, 2.24) is 0 Å². The number of para-hydroxylation sites is 1. The van der Waals surface area contributed by atoms with E-state index in [1.165, 1.54) is 48.5 Å². The molecule has 3 aromatic carbocycles. The van der Waals surface area contributed by atoms with Gasteiger partial charge in [0.15, 0.2) is 6.61 Å². The van der Waals surface area contributed by atoms with Crippen molar-refractivity contribution >= 4 is 27.3 Å². The van der Waals surface area contributed by atoms with E-state index in [9.17, 15) is 17.6 Å². The van der Waals surface area contributed by atoms with E-state index in [-0.39, 0.29) is 29.1 Å². The maximum Gasteiger partial charge on any atom is 0.265 e. The zero-order valence-electron chi connectivity index (χ0n) is 16.8. The normalized spacial score (nSPS) is 15.4. The highest BCUT2D eigenvalue weighted by Gasteiger charge is 2.30. The smallest absolute Gasteiger partial charge is 0.265 e. The lowest BCUT2D eigenvalue weighted by Crippen LogP contribution is -2.39. The molecule has 6 nitrogen and oxygen atoms in total. The lowest BCUT2D eigenvalue weighted by atomic mass is 10.1. The minimum atomic E-state index is -3.83. The predicted molar refractivity (Wildman–Crippen MR) is 116 cm³/mol. The molecule has 1 amide bonds. The van der Waals surface area contributed by atoms with E-state index in [1.54, 1.807) is 4.90 Å². The molecule has 0 aromatic heterocycles. The standard InChI is InChI=1S/C23H21FN2O4S/c1-16-14-17-4-2-3-5-22(17)26(16)23(27)15-30-20-10-12-21(13-11-20)31(28,29)25-19-8-6-18(24)7-9-19/h2-13,16,25H,14-15H2,1H3/t16-/m1/s1. The molecule has 0 unspecified atom stereocenters. The van der Waals surface area contributed by atoms with Crippen molar-refractivity contribution in [3.05, 3.63) is 84.2 Å². The summed E-state index contributed by atoms with van der Waals surface area (Å²) in [4.78, 5) is 14.5. The maximum absolute atomic E-state index is 13.0. The number of carbonyl (C=O) groups excluding carboxylic acids is 1. The fraction of sp³-hybridized carbons (Fsp3) is 0.174. The Labute approximate surface area is 180 Å². The van der Waals surface area contributed by atoms with Crippen molar-refractivity contribution in [2.75, 3.05) is 16.2 Å². The number of hydrogen-bond acceptors (Lipinski definition) is 4. The molecule has 1 atom stereocenters. The Kier molecular flexibility index (Phi) is 5.65. The van der Waals surface area contributed by atoms with Gasteiger partial charge in [0.05, 0.1) is 4.90 Å². The van der Waals surface area contributed by atoms with Gasteiger partial charge in [-0.25, -0.2) is 12.8 Å². The Balaban J connectivity index is 1.40. The van der Waals surface area contributed by atoms with Gasteiger partial charge in [0.1, 0.15) is 11.6 Å². The maximum atomic E-state index is 13.0. The predicted octanol–water partition coefficient (Wildman–Crippen LogP) is 3.98. The largest absolute Gasteiger partial charge is 0.484 e. The highest BCUT2D eigenvalue weighted by molar-refractivity contribution is 7.92. The van der Waals surface area contributed by atoms with Gasteiger partial charge in [-0.1, -0.05) is 18.2 Å². The molecule has 1 N–H and O–H groups in total. The lowest BCUT2D eigenvalue weighted by Gasteiger charge is -2.22. The molecule has 1 aliphatic rings. The van der Waals surface area contributed by atoms with Crippen LogP contribution in [0.3, 0.4) is 0 Å². The number of amides is 1. The van der Waals surface area contributed by atoms with E-state index in [1.807, 2.05) is 31.2 Å². The van der Waals surface area contributed by atoms with Crippen LogP contribution in [-0.4, -0.2) is 27.0 Å². The zero-order chi connectivity index (χ0) is 22.0. The summed E-state index contributed by atoms with van der Waals surface area (Å²) in [6.45, 7) is 1.84. The molecule has 0 saturated heterocycles. The van der Waals surface area contributed by atoms with E-state index in [0.717, 1.165) is 17.7 Å². The first-order valence-corrected chi connectivity index (χ1v) is 11.2. The van der Waals surface area contributed by atoms with Gasteiger partial charge in [0.2, 0.25) is 0 Å². The van der Waals surface area contributed by atoms with Crippen LogP contribution in [0.25, 0.3) is 0 Å². The number of nitrogens with zero attached hydrogens (tertiary/aromatic N) is 1. The fourth-order valence-corrected chi connectivity index (χ4v) is 4.67. The number of nitrogens with one attached hydrogen (secondary N) is 1. The van der Waals surface area contributed by atoms with Gasteiger partial charge in [-0.15, -0.1) is 0 Å². The summed E-state index contributed by atoms with van der Waals surface area (Å²) in [5, 5.41) is 0. The number of sulfonamides is 1. The molecular weight excluding hydrogens is 419 g/mol. The number of fused-ring (bicyclic) bond motifs is 1. The molecule has 1 heterocycles. The summed E-state index contributed by atoms with van der Waals surface area (Å²) >= 11 is 0. The van der Waals surface area contributed by atoms with Gasteiger partial charge in [-0.2, -0.15) is 0 Å². The van der Waals surface area contributed by atoms with Crippen LogP contribution in [0.15, 0.2) is 77.7 Å². The number of benzene rings is 3. The molecule has 160 valence electrons. The molecule has 0 radical (unpaired) electrons. The number of carbonyl (C=O) groups is 1. The highest BCUT2D eigenvalue weighted by atomic mass is 32.2. The molecular formula is C23H21FN2O4S. The van der Waals surface area contributed by atoms with Crippen molar-refractivity contribution in [3.63, 3.8) is 0 Å². The van der Waals surface area contributed by atoms with E-state index in [0.29, 0.717) is 5.75 Å². The van der Waals surface area contributed by atoms with Crippen molar-refractivity contribution in [2.45, 2.75) is 24.3 Å². The van der Waals surface area contributed by atoms with Crippen LogP contribution in [-0.2, 0) is 21.2 Å². The van der Waals surface area contributed by atoms with Gasteiger partial charge in [-0.3, -0.25) is 9.52 Å². The van der Waals surface area contributed by atoms with E-state index in [4.69, 9.17) is 4.74 Å². The number of hydrogen-bond donors (Lipinski definition) is 1. The SMILES string of the molecule is C[C@@H]1Cc2ccccc2N1C(=O)COc1ccc(S(=O)(=O)Nc2ccc(F)cc2)cc1. The summed E-state index contributed by atoms with van der Waals surface area (Å²) in [6.07, 6.45) is 0.801. The monoisotopic (exact) mass is 440 g/mol. The number of ether oxygens (including phenoxy) is 1. The van der Waals surface area contributed by atoms with Gasteiger partial charge in [-0.05, 0) is 73.5 Å². The molecule has 3 aromatic rings. The summed E-state index contributed by atoms with van der Waals surface area (Å²) in [5.74, 6) is -0.229. The Hall–Kier alpha value is -3.39. The van der Waals surface area contributed by atoms with Crippen LogP contribution in [0.1, 0.15) is 12.5 Å². The van der Waals surface area contributed by atoms with Crippen molar-refractivity contribution < 1.29 is 22.3 Å². The van der Waals surface area contributed by atoms with Crippen LogP contribution in [0.2, 0.25) is 0 Å². The third-order valence-corrected chi connectivity index (χ3v) is 6.47. The molecule has 8 heteroatoms. The first kappa shape index (κ1) is 20.9. The van der Waals surface area contributed by atoms with Crippen molar-refractivity contribution in [2.24, 2.45) is 0 Å². The molecule has 4 rings (SSSR count). The Morgan fingerprint density at radius 3 is 2.45 bits per heavy atom. The minimum absolute atomic E-state index is 0.0256. The van der Waals surface area contributed by atoms with Crippen LogP contribution < -0.4 is 14.4 Å². The molecule has 0 fully saturated rings. The molecule has 0 saturated carbocycles. The Morgan fingerprint density at radius 2 is 1.74 bits per heavy atom. The quantitative estimate of drug-likeness (QED) is 0.629. The second-order valence-corrected chi connectivity index (χ2v) is 9.00. The zero-order valence-corrected chi connectivity index (χ0v) is 17.6. The average Bonchev–Trinajstić information content (AvgIpc) is 3.09. The van der Waals surface area contributed by atoms with Crippen molar-refractivity contribution in [1.29, 1.82) is 0 Å². The van der Waals surface area contributed by atoms with Gasteiger partial charge in [0.25, 0.3) is 15.9 Å². The fourth-order valence-electron chi connectivity index (χ4n) is 3.61. The summed E-state index contributed by atoms with van der Waals surface area (Å²) < 4.78 is 45.9. The van der Waals surface area contributed by atoms with Gasteiger partial charge >= 0.3 is 0 Å². The topological polar surface area (TPSA) is 75.7 Å². The first-order valence-electron chi connectivity index (χ1n) is 9.75. The minimum Gasteiger partial charge on any atom is -0.484 e. The number of rotatable bonds is 6. The van der Waals surface area contributed by atoms with E-state index in [2.05, 4.69) is 4.72 Å². The van der Waals surface area contributed by atoms with Gasteiger partial charge < -0.3 is 9.64 Å². The summed E-state index contributed by atoms with van der Waals surface area (Å²) in [5.41, 5.74) is 2.29. The number of halogens is 1. The summed E-state index contributed by atoms with van der Waals surface area (Å²) in [6, 6.07) is 18.6. The van der Waals surface area contributed by atoms with Crippen LogP contribution >= 0.6 is 0 Å². The Morgan fingerprint density at radius 1 is 1.06 bits per heavy atom. The molecule has 1 aliphatic heterocycles. The second-order valence-electron chi connectivity index (χ2n) is 7.32. The van der Waals surface area contributed by atoms with Crippen molar-refractivity contribution in [3.8, 4) is 5.75 Å². The van der Waals surface area contributed by atoms with Crippen LogP contribution in [0.5, 0.6) is 5.75 Å². The van der Waals surface area contributed by atoms with Gasteiger partial charge in [0, 0.05) is 17.4 Å². The first-order chi connectivity index (χ1) is 14.8. The van der Waals surface area contributed by atoms with E-state index >= 15 is 0 Å². The lowest BCUT2D eigenvalue weighted by molar-refractivity contribution is -0.120. The third-order valence-electron chi connectivity index (χ3n) is 5.07. The molecule has 31 heavy (non-hydrogen) atoms. The van der Waals surface area contributed by atoms with E-state index < -0.39 is 15.8 Å². The second kappa shape index (κ2) is 8.39. The molecule has 0 bridgehead atoms. The summed E-state index contributed by atoms with van der Waals surface area (Å²) in [7, 11) is -3.83. The third kappa shape index (κ3) is 4.54. The Bertz CT molecular complexity index is 1200. The van der Waals surface area contributed by atoms with Crippen LogP contribution in [0, 0.1) is 5.82 Å². The highest BCUT2D eigenvalue weighted by Crippen LogP contribution is 2.32. The molecule has 0 spiro atoms. The molecule has 0 aliphatic carbocycles.